The van der Waals surface area contributed by atoms with Crippen LogP contribution >= 0.6 is 0 Å². The van der Waals surface area contributed by atoms with Crippen molar-refractivity contribution in [1.29, 1.82) is 0 Å². The van der Waals surface area contributed by atoms with E-state index in [-0.39, 0.29) is 5.91 Å². The Bertz CT molecular complexity index is 763. The molecule has 0 aliphatic heterocycles. The maximum atomic E-state index is 12.1. The number of nitrogens with zero attached hydrogens (tertiary/aromatic N) is 1. The molecule has 3 rings (SSSR count). The van der Waals surface area contributed by atoms with E-state index in [1.807, 2.05) is 42.6 Å². The molecule has 0 bridgehead atoms. The molecule has 1 aromatic carbocycles. The molecule has 5 heteroatoms. The van der Waals surface area contributed by atoms with E-state index in [0.717, 1.165) is 28.0 Å². The lowest BCUT2D eigenvalue weighted by atomic mass is 10.1. The molecule has 21 heavy (non-hydrogen) atoms. The minimum atomic E-state index is -0.0649. The highest BCUT2D eigenvalue weighted by Gasteiger charge is 2.09. The number of benzene rings is 1. The standard InChI is InChI=1S/C16H15N3O2/c1-21-13-6-4-12(5-7-13)19-15(20)9-11-10-18-16-14(11)3-2-8-17-16/h2-8,10H,9H2,1H3,(H,17,18)(H,19,20). The Morgan fingerprint density at radius 1 is 1.29 bits per heavy atom. The fraction of sp³-hybridized carbons (Fsp3) is 0.125. The zero-order valence-electron chi connectivity index (χ0n) is 11.6. The maximum absolute atomic E-state index is 12.1. The van der Waals surface area contributed by atoms with Crippen LogP contribution in [0.4, 0.5) is 5.69 Å². The highest BCUT2D eigenvalue weighted by atomic mass is 16.5. The predicted octanol–water partition coefficient (Wildman–Crippen LogP) is 2.75. The largest absolute Gasteiger partial charge is 0.497 e. The van der Waals surface area contributed by atoms with Crippen LogP contribution in [0.1, 0.15) is 5.56 Å². The highest BCUT2D eigenvalue weighted by molar-refractivity contribution is 5.95. The average molecular weight is 281 g/mol. The van der Waals surface area contributed by atoms with Gasteiger partial charge in [-0.2, -0.15) is 0 Å². The number of methoxy groups -OCH3 is 1. The van der Waals surface area contributed by atoms with E-state index < -0.39 is 0 Å². The number of aromatic amines is 1. The quantitative estimate of drug-likeness (QED) is 0.772. The molecule has 0 unspecified atom stereocenters. The lowest BCUT2D eigenvalue weighted by Crippen LogP contribution is -2.14. The number of H-pyrrole nitrogens is 1. The first-order valence-electron chi connectivity index (χ1n) is 6.61. The first-order chi connectivity index (χ1) is 10.3. The van der Waals surface area contributed by atoms with Gasteiger partial charge in [0.25, 0.3) is 0 Å². The minimum absolute atomic E-state index is 0.0649. The third-order valence-electron chi connectivity index (χ3n) is 3.26. The van der Waals surface area contributed by atoms with Crippen molar-refractivity contribution in [2.45, 2.75) is 6.42 Å². The Morgan fingerprint density at radius 3 is 2.86 bits per heavy atom. The van der Waals surface area contributed by atoms with Gasteiger partial charge in [0, 0.05) is 23.5 Å². The van der Waals surface area contributed by atoms with Crippen LogP contribution in [0.15, 0.2) is 48.8 Å². The van der Waals surface area contributed by atoms with E-state index in [4.69, 9.17) is 4.74 Å². The number of carbonyl (C=O) groups is 1. The Labute approximate surface area is 122 Å². The molecule has 0 spiro atoms. The lowest BCUT2D eigenvalue weighted by Gasteiger charge is -2.06. The molecule has 106 valence electrons. The van der Waals surface area contributed by atoms with Crippen LogP contribution in [-0.2, 0) is 11.2 Å². The van der Waals surface area contributed by atoms with E-state index in [1.54, 1.807) is 13.3 Å². The summed E-state index contributed by atoms with van der Waals surface area (Å²) >= 11 is 0. The van der Waals surface area contributed by atoms with Crippen LogP contribution < -0.4 is 10.1 Å². The molecule has 0 aliphatic rings. The van der Waals surface area contributed by atoms with Crippen LogP contribution in [0.5, 0.6) is 5.75 Å². The third-order valence-corrected chi connectivity index (χ3v) is 3.26. The molecule has 2 heterocycles. The second-order valence-corrected chi connectivity index (χ2v) is 4.67. The number of ether oxygens (including phenoxy) is 1. The fourth-order valence-electron chi connectivity index (χ4n) is 2.21. The molecule has 2 N–H and O–H groups in total. The van der Waals surface area contributed by atoms with Crippen molar-refractivity contribution in [2.75, 3.05) is 12.4 Å². The zero-order valence-corrected chi connectivity index (χ0v) is 11.6. The van der Waals surface area contributed by atoms with E-state index in [0.29, 0.717) is 6.42 Å². The fourth-order valence-corrected chi connectivity index (χ4v) is 2.21. The SMILES string of the molecule is COc1ccc(NC(=O)Cc2c[nH]c3ncccc23)cc1. The molecule has 0 fully saturated rings. The highest BCUT2D eigenvalue weighted by Crippen LogP contribution is 2.18. The molecule has 0 aliphatic carbocycles. The third kappa shape index (κ3) is 2.86. The summed E-state index contributed by atoms with van der Waals surface area (Å²) in [6.07, 6.45) is 3.85. The predicted molar refractivity (Wildman–Crippen MR) is 81.4 cm³/mol. The monoisotopic (exact) mass is 281 g/mol. The summed E-state index contributed by atoms with van der Waals surface area (Å²) in [7, 11) is 1.61. The first-order valence-corrected chi connectivity index (χ1v) is 6.61. The normalized spacial score (nSPS) is 10.5. The van der Waals surface area contributed by atoms with Crippen LogP contribution in [0.2, 0.25) is 0 Å². The summed E-state index contributed by atoms with van der Waals surface area (Å²) < 4.78 is 5.08. The van der Waals surface area contributed by atoms with Crippen molar-refractivity contribution < 1.29 is 9.53 Å². The van der Waals surface area contributed by atoms with Gasteiger partial charge in [0.2, 0.25) is 5.91 Å². The number of hydrogen-bond acceptors (Lipinski definition) is 3. The average Bonchev–Trinajstić information content (AvgIpc) is 2.91. The van der Waals surface area contributed by atoms with Crippen molar-refractivity contribution in [3.8, 4) is 5.75 Å². The molecule has 5 nitrogen and oxygen atoms in total. The Balaban J connectivity index is 1.71. The molecule has 2 aromatic heterocycles. The topological polar surface area (TPSA) is 67.0 Å². The lowest BCUT2D eigenvalue weighted by molar-refractivity contribution is -0.115. The van der Waals surface area contributed by atoms with Gasteiger partial charge in [0.05, 0.1) is 13.5 Å². The van der Waals surface area contributed by atoms with Crippen molar-refractivity contribution in [3.63, 3.8) is 0 Å². The second-order valence-electron chi connectivity index (χ2n) is 4.67. The summed E-state index contributed by atoms with van der Waals surface area (Å²) in [5, 5.41) is 3.84. The summed E-state index contributed by atoms with van der Waals surface area (Å²) in [6, 6.07) is 11.1. The van der Waals surface area contributed by atoms with Crippen molar-refractivity contribution in [2.24, 2.45) is 0 Å². The maximum Gasteiger partial charge on any atom is 0.228 e. The van der Waals surface area contributed by atoms with Crippen molar-refractivity contribution in [1.82, 2.24) is 9.97 Å². The summed E-state index contributed by atoms with van der Waals surface area (Å²) in [6.45, 7) is 0. The number of pyridine rings is 1. The summed E-state index contributed by atoms with van der Waals surface area (Å²) in [4.78, 5) is 19.4. The molecule has 3 aromatic rings. The number of anilines is 1. The smallest absolute Gasteiger partial charge is 0.228 e. The minimum Gasteiger partial charge on any atom is -0.497 e. The Morgan fingerprint density at radius 2 is 2.10 bits per heavy atom. The van der Waals surface area contributed by atoms with Gasteiger partial charge in [-0.3, -0.25) is 4.79 Å². The van der Waals surface area contributed by atoms with Crippen LogP contribution in [0.3, 0.4) is 0 Å². The van der Waals surface area contributed by atoms with Gasteiger partial charge in [0.1, 0.15) is 11.4 Å². The van der Waals surface area contributed by atoms with Crippen molar-refractivity contribution >= 4 is 22.6 Å². The first kappa shape index (κ1) is 13.2. The number of carbonyl (C=O) groups excluding carboxylic acids is 1. The van der Waals surface area contributed by atoms with Crippen LogP contribution in [-0.4, -0.2) is 23.0 Å². The van der Waals surface area contributed by atoms with Gasteiger partial charge in [-0.05, 0) is 42.0 Å². The Hall–Kier alpha value is -2.82. The van der Waals surface area contributed by atoms with E-state index in [9.17, 15) is 4.79 Å². The zero-order chi connectivity index (χ0) is 14.7. The molecule has 0 atom stereocenters. The molecule has 1 amide bonds. The van der Waals surface area contributed by atoms with Crippen LogP contribution in [0, 0.1) is 0 Å². The number of amides is 1. The van der Waals surface area contributed by atoms with E-state index in [2.05, 4.69) is 15.3 Å². The number of rotatable bonds is 4. The van der Waals surface area contributed by atoms with Gasteiger partial charge in [-0.15, -0.1) is 0 Å². The van der Waals surface area contributed by atoms with Gasteiger partial charge in [0.15, 0.2) is 0 Å². The molecular weight excluding hydrogens is 266 g/mol. The number of aromatic nitrogens is 2. The number of hydrogen-bond donors (Lipinski definition) is 2. The number of nitrogens with one attached hydrogen (secondary N) is 2. The Kier molecular flexibility index (Phi) is 3.55. The van der Waals surface area contributed by atoms with Crippen LogP contribution in [0.25, 0.3) is 11.0 Å². The number of fused-ring (bicyclic) bond motifs is 1. The molecular formula is C16H15N3O2. The van der Waals surface area contributed by atoms with Gasteiger partial charge < -0.3 is 15.0 Å². The molecule has 0 radical (unpaired) electrons. The van der Waals surface area contributed by atoms with Gasteiger partial charge in [-0.1, -0.05) is 0 Å². The molecule has 0 saturated heterocycles. The second kappa shape index (κ2) is 5.66. The summed E-state index contributed by atoms with van der Waals surface area (Å²) in [5.41, 5.74) is 2.48. The van der Waals surface area contributed by atoms with Crippen molar-refractivity contribution in [3.05, 3.63) is 54.4 Å². The van der Waals surface area contributed by atoms with E-state index in [1.165, 1.54) is 0 Å². The van der Waals surface area contributed by atoms with Gasteiger partial charge in [-0.25, -0.2) is 4.98 Å². The van der Waals surface area contributed by atoms with E-state index >= 15 is 0 Å². The molecule has 0 saturated carbocycles. The van der Waals surface area contributed by atoms with Gasteiger partial charge >= 0.3 is 0 Å². The summed E-state index contributed by atoms with van der Waals surface area (Å²) in [5.74, 6) is 0.695.